The lowest BCUT2D eigenvalue weighted by atomic mass is 10.1. The number of aliphatic hydroxyl groups is 1. The Kier molecular flexibility index (Phi) is 5.70. The van der Waals surface area contributed by atoms with Crippen LogP contribution in [0.4, 0.5) is 0 Å². The molecule has 112 valence electrons. The summed E-state index contributed by atoms with van der Waals surface area (Å²) in [6.45, 7) is 8.54. The summed E-state index contributed by atoms with van der Waals surface area (Å²) < 4.78 is 5.83. The third-order valence-electron chi connectivity index (χ3n) is 3.53. The fourth-order valence-corrected chi connectivity index (χ4v) is 5.25. The second kappa shape index (κ2) is 7.10. The quantitative estimate of drug-likeness (QED) is 0.905. The normalized spacial score (nSPS) is 28.4. The molecular formula is C16H24O2S2. The van der Waals surface area contributed by atoms with Gasteiger partial charge in [-0.05, 0) is 19.9 Å². The zero-order valence-corrected chi connectivity index (χ0v) is 14.2. The molecule has 0 bridgehead atoms. The van der Waals surface area contributed by atoms with Gasteiger partial charge in [0.1, 0.15) is 5.75 Å². The summed E-state index contributed by atoms with van der Waals surface area (Å²) in [5.41, 5.74) is 0.918. The molecule has 4 heteroatoms. The summed E-state index contributed by atoms with van der Waals surface area (Å²) in [6, 6.07) is 7.86. The van der Waals surface area contributed by atoms with Gasteiger partial charge in [0.05, 0.1) is 12.2 Å². The van der Waals surface area contributed by atoms with Gasteiger partial charge in [0, 0.05) is 27.1 Å². The molecule has 20 heavy (non-hydrogen) atoms. The molecule has 4 atom stereocenters. The molecule has 0 amide bonds. The first-order valence-electron chi connectivity index (χ1n) is 7.19. The van der Waals surface area contributed by atoms with Crippen LogP contribution in [0.1, 0.15) is 39.4 Å². The van der Waals surface area contributed by atoms with Crippen molar-refractivity contribution in [1.29, 1.82) is 0 Å². The van der Waals surface area contributed by atoms with E-state index in [1.807, 2.05) is 61.6 Å². The van der Waals surface area contributed by atoms with Gasteiger partial charge in [-0.1, -0.05) is 32.0 Å². The standard InChI is InChI=1S/C16H24O2S2/c1-10(2)18-14-8-6-5-7-13(14)16(17)15-9-19-11(3)12(4)20-15/h5-8,10-12,15-17H,9H2,1-4H3. The van der Waals surface area contributed by atoms with Crippen LogP contribution in [0.2, 0.25) is 0 Å². The Hall–Kier alpha value is -0.320. The molecule has 0 radical (unpaired) electrons. The SMILES string of the molecule is CC(C)Oc1ccccc1C(O)C1CSC(C)C(C)S1. The van der Waals surface area contributed by atoms with Crippen molar-refractivity contribution in [2.75, 3.05) is 5.75 Å². The Morgan fingerprint density at radius 1 is 1.20 bits per heavy atom. The van der Waals surface area contributed by atoms with E-state index in [2.05, 4.69) is 13.8 Å². The first-order chi connectivity index (χ1) is 9.49. The van der Waals surface area contributed by atoms with Gasteiger partial charge in [-0.25, -0.2) is 0 Å². The average molecular weight is 312 g/mol. The predicted molar refractivity (Wildman–Crippen MR) is 89.9 cm³/mol. The Labute approximate surface area is 130 Å². The zero-order valence-electron chi connectivity index (χ0n) is 12.6. The molecule has 0 saturated carbocycles. The van der Waals surface area contributed by atoms with Gasteiger partial charge in [0.25, 0.3) is 0 Å². The van der Waals surface area contributed by atoms with E-state index in [0.29, 0.717) is 10.5 Å². The Bertz CT molecular complexity index is 436. The van der Waals surface area contributed by atoms with E-state index in [-0.39, 0.29) is 11.4 Å². The first-order valence-corrected chi connectivity index (χ1v) is 9.19. The van der Waals surface area contributed by atoms with Crippen LogP contribution in [0, 0.1) is 0 Å². The molecule has 1 aromatic carbocycles. The molecule has 1 aliphatic heterocycles. The summed E-state index contributed by atoms with van der Waals surface area (Å²) in [6.07, 6.45) is -0.340. The topological polar surface area (TPSA) is 29.5 Å². The lowest BCUT2D eigenvalue weighted by Crippen LogP contribution is -2.30. The van der Waals surface area contributed by atoms with Crippen LogP contribution in [0.5, 0.6) is 5.75 Å². The predicted octanol–water partition coefficient (Wildman–Crippen LogP) is 4.13. The van der Waals surface area contributed by atoms with E-state index < -0.39 is 6.10 Å². The number of rotatable bonds is 4. The molecule has 2 nitrogen and oxygen atoms in total. The van der Waals surface area contributed by atoms with Crippen LogP contribution in [-0.2, 0) is 0 Å². The maximum Gasteiger partial charge on any atom is 0.125 e. The molecule has 1 N–H and O–H groups in total. The average Bonchev–Trinajstić information content (AvgIpc) is 2.41. The van der Waals surface area contributed by atoms with Gasteiger partial charge < -0.3 is 9.84 Å². The molecule has 0 aromatic heterocycles. The number of para-hydroxylation sites is 1. The molecule has 1 saturated heterocycles. The van der Waals surface area contributed by atoms with Crippen molar-refractivity contribution < 1.29 is 9.84 Å². The highest BCUT2D eigenvalue weighted by molar-refractivity contribution is 8.07. The van der Waals surface area contributed by atoms with Crippen LogP contribution in [0.3, 0.4) is 0 Å². The van der Waals surface area contributed by atoms with Crippen LogP contribution >= 0.6 is 23.5 Å². The summed E-state index contributed by atoms with van der Waals surface area (Å²) >= 11 is 3.85. The van der Waals surface area contributed by atoms with Crippen LogP contribution < -0.4 is 4.74 Å². The van der Waals surface area contributed by atoms with Crippen molar-refractivity contribution in [2.45, 2.75) is 55.7 Å². The minimum Gasteiger partial charge on any atom is -0.491 e. The van der Waals surface area contributed by atoms with Crippen molar-refractivity contribution >= 4 is 23.5 Å². The minimum absolute atomic E-state index is 0.121. The summed E-state index contributed by atoms with van der Waals surface area (Å²) in [5, 5.41) is 12.2. The van der Waals surface area contributed by atoms with Crippen molar-refractivity contribution in [1.82, 2.24) is 0 Å². The summed E-state index contributed by atoms with van der Waals surface area (Å²) in [5.74, 6) is 1.81. The highest BCUT2D eigenvalue weighted by atomic mass is 32.2. The Balaban J connectivity index is 2.14. The second-order valence-electron chi connectivity index (χ2n) is 5.57. The number of thioether (sulfide) groups is 2. The molecule has 2 rings (SSSR count). The number of benzene rings is 1. The van der Waals surface area contributed by atoms with Crippen LogP contribution in [0.15, 0.2) is 24.3 Å². The van der Waals surface area contributed by atoms with Gasteiger partial charge >= 0.3 is 0 Å². The largest absolute Gasteiger partial charge is 0.491 e. The number of hydrogen-bond acceptors (Lipinski definition) is 4. The van der Waals surface area contributed by atoms with E-state index in [4.69, 9.17) is 4.74 Å². The monoisotopic (exact) mass is 312 g/mol. The number of hydrogen-bond donors (Lipinski definition) is 1. The van der Waals surface area contributed by atoms with Gasteiger partial charge in [-0.15, -0.1) is 0 Å². The minimum atomic E-state index is -0.461. The molecular weight excluding hydrogens is 288 g/mol. The van der Waals surface area contributed by atoms with Crippen molar-refractivity contribution in [3.05, 3.63) is 29.8 Å². The van der Waals surface area contributed by atoms with E-state index in [1.165, 1.54) is 0 Å². The number of ether oxygens (including phenoxy) is 1. The third kappa shape index (κ3) is 3.86. The van der Waals surface area contributed by atoms with Gasteiger partial charge in [-0.3, -0.25) is 0 Å². The smallest absolute Gasteiger partial charge is 0.125 e. The maximum atomic E-state index is 10.7. The van der Waals surface area contributed by atoms with Crippen molar-refractivity contribution in [3.63, 3.8) is 0 Å². The summed E-state index contributed by atoms with van der Waals surface area (Å²) in [4.78, 5) is 0. The fourth-order valence-electron chi connectivity index (χ4n) is 2.26. The fraction of sp³-hybridized carbons (Fsp3) is 0.625. The van der Waals surface area contributed by atoms with E-state index in [1.54, 1.807) is 0 Å². The zero-order chi connectivity index (χ0) is 14.7. The molecule has 1 aromatic rings. The molecule has 4 unspecified atom stereocenters. The molecule has 0 aliphatic carbocycles. The van der Waals surface area contributed by atoms with Crippen molar-refractivity contribution in [3.8, 4) is 5.75 Å². The Morgan fingerprint density at radius 2 is 1.90 bits per heavy atom. The molecule has 1 heterocycles. The van der Waals surface area contributed by atoms with E-state index >= 15 is 0 Å². The lowest BCUT2D eigenvalue weighted by molar-refractivity contribution is 0.167. The van der Waals surface area contributed by atoms with Crippen LogP contribution in [0.25, 0.3) is 0 Å². The highest BCUT2D eigenvalue weighted by Crippen LogP contribution is 2.42. The maximum absolute atomic E-state index is 10.7. The lowest BCUT2D eigenvalue weighted by Gasteiger charge is -2.34. The van der Waals surface area contributed by atoms with Crippen molar-refractivity contribution in [2.24, 2.45) is 0 Å². The van der Waals surface area contributed by atoms with Crippen LogP contribution in [-0.4, -0.2) is 32.7 Å². The highest BCUT2D eigenvalue weighted by Gasteiger charge is 2.32. The van der Waals surface area contributed by atoms with Gasteiger partial charge in [0.15, 0.2) is 0 Å². The van der Waals surface area contributed by atoms with E-state index in [0.717, 1.165) is 17.1 Å². The molecule has 1 aliphatic rings. The second-order valence-corrected chi connectivity index (χ2v) is 8.60. The molecule has 1 fully saturated rings. The van der Waals surface area contributed by atoms with Gasteiger partial charge in [-0.2, -0.15) is 23.5 Å². The summed E-state index contributed by atoms with van der Waals surface area (Å²) in [7, 11) is 0. The Morgan fingerprint density at radius 3 is 2.55 bits per heavy atom. The van der Waals surface area contributed by atoms with E-state index in [9.17, 15) is 5.11 Å². The third-order valence-corrected chi connectivity index (χ3v) is 7.01. The first kappa shape index (κ1) is 16.1. The number of aliphatic hydroxyl groups excluding tert-OH is 1. The molecule has 0 spiro atoms. The van der Waals surface area contributed by atoms with Gasteiger partial charge in [0.2, 0.25) is 0 Å².